The Kier molecular flexibility index (Phi) is 5.20. The molecule has 1 aromatic rings. The van der Waals surface area contributed by atoms with Gasteiger partial charge in [-0.05, 0) is 19.1 Å². The van der Waals surface area contributed by atoms with Gasteiger partial charge in [-0.3, -0.25) is 4.90 Å². The third-order valence-electron chi connectivity index (χ3n) is 3.46. The average molecular weight is 259 g/mol. The summed E-state index contributed by atoms with van der Waals surface area (Å²) in [5.74, 6) is 0.878. The van der Waals surface area contributed by atoms with Gasteiger partial charge in [0.15, 0.2) is 0 Å². The van der Waals surface area contributed by atoms with E-state index in [0.29, 0.717) is 13.0 Å². The smallest absolute Gasteiger partial charge is 0.119 e. The lowest BCUT2D eigenvalue weighted by Crippen LogP contribution is -2.50. The van der Waals surface area contributed by atoms with Crippen molar-refractivity contribution in [2.24, 2.45) is 0 Å². The topological polar surface area (TPSA) is 48.3 Å². The number of hydrogen-bond acceptors (Lipinski definition) is 4. The van der Waals surface area contributed by atoms with Crippen molar-refractivity contribution in [1.29, 1.82) is 5.26 Å². The maximum atomic E-state index is 8.95. The summed E-state index contributed by atoms with van der Waals surface area (Å²) in [5, 5.41) is 12.3. The van der Waals surface area contributed by atoms with Crippen LogP contribution in [0.15, 0.2) is 24.3 Å². The first-order valence-corrected chi connectivity index (χ1v) is 6.81. The summed E-state index contributed by atoms with van der Waals surface area (Å²) >= 11 is 0. The van der Waals surface area contributed by atoms with Gasteiger partial charge in [0.1, 0.15) is 12.4 Å². The molecule has 0 spiro atoms. The predicted molar refractivity (Wildman–Crippen MR) is 75.1 cm³/mol. The van der Waals surface area contributed by atoms with Gasteiger partial charge in [0, 0.05) is 26.2 Å². The van der Waals surface area contributed by atoms with Crippen molar-refractivity contribution >= 4 is 0 Å². The molecule has 1 fully saturated rings. The molecule has 1 aromatic carbocycles. The molecule has 0 amide bonds. The van der Waals surface area contributed by atoms with E-state index in [1.807, 2.05) is 24.3 Å². The summed E-state index contributed by atoms with van der Waals surface area (Å²) in [6, 6.07) is 10.5. The molecule has 19 heavy (non-hydrogen) atoms. The second kappa shape index (κ2) is 7.13. The number of hydrogen-bond donors (Lipinski definition) is 1. The summed E-state index contributed by atoms with van der Waals surface area (Å²) in [7, 11) is 0. The van der Waals surface area contributed by atoms with Gasteiger partial charge < -0.3 is 10.1 Å². The molecule has 1 aliphatic heterocycles. The van der Waals surface area contributed by atoms with Gasteiger partial charge in [-0.25, -0.2) is 0 Å². The van der Waals surface area contributed by atoms with Gasteiger partial charge in [-0.2, -0.15) is 5.26 Å². The Morgan fingerprint density at radius 3 is 2.63 bits per heavy atom. The Balaban J connectivity index is 1.89. The highest BCUT2D eigenvalue weighted by atomic mass is 16.5. The fraction of sp³-hybridized carbons (Fsp3) is 0.533. The van der Waals surface area contributed by atoms with Crippen LogP contribution < -0.4 is 10.1 Å². The van der Waals surface area contributed by atoms with Crippen LogP contribution in [0, 0.1) is 18.3 Å². The van der Waals surface area contributed by atoms with Crippen LogP contribution in [0.2, 0.25) is 0 Å². The van der Waals surface area contributed by atoms with Gasteiger partial charge in [0.05, 0.1) is 18.5 Å². The van der Waals surface area contributed by atoms with Crippen molar-refractivity contribution in [3.05, 3.63) is 29.8 Å². The molecule has 0 aromatic heterocycles. The normalized spacial score (nSPS) is 17.7. The highest BCUT2D eigenvalue weighted by Crippen LogP contribution is 2.14. The Hall–Kier alpha value is -1.57. The number of aryl methyl sites for hydroxylation is 1. The van der Waals surface area contributed by atoms with Crippen molar-refractivity contribution in [2.45, 2.75) is 19.4 Å². The molecule has 1 unspecified atom stereocenters. The fourth-order valence-electron chi connectivity index (χ4n) is 2.27. The van der Waals surface area contributed by atoms with E-state index in [0.717, 1.165) is 31.9 Å². The molecular formula is C15H21N3O. The van der Waals surface area contributed by atoms with Gasteiger partial charge in [-0.15, -0.1) is 0 Å². The van der Waals surface area contributed by atoms with E-state index in [-0.39, 0.29) is 6.04 Å². The molecule has 1 heterocycles. The highest BCUT2D eigenvalue weighted by molar-refractivity contribution is 5.26. The monoisotopic (exact) mass is 259 g/mol. The van der Waals surface area contributed by atoms with Crippen molar-refractivity contribution in [1.82, 2.24) is 10.2 Å². The van der Waals surface area contributed by atoms with E-state index >= 15 is 0 Å². The van der Waals surface area contributed by atoms with Gasteiger partial charge >= 0.3 is 0 Å². The number of benzene rings is 1. The third kappa shape index (κ3) is 4.23. The molecule has 1 N–H and O–H groups in total. The van der Waals surface area contributed by atoms with Crippen molar-refractivity contribution < 1.29 is 4.74 Å². The predicted octanol–water partition coefficient (Wildman–Crippen LogP) is 1.56. The molecule has 4 nitrogen and oxygen atoms in total. The second-order valence-electron chi connectivity index (χ2n) is 4.93. The van der Waals surface area contributed by atoms with E-state index in [9.17, 15) is 0 Å². The minimum absolute atomic E-state index is 0.188. The zero-order valence-electron chi connectivity index (χ0n) is 11.4. The molecule has 0 saturated carbocycles. The summed E-state index contributed by atoms with van der Waals surface area (Å²) in [4.78, 5) is 2.34. The molecule has 2 rings (SSSR count). The zero-order valence-corrected chi connectivity index (χ0v) is 11.4. The first-order valence-electron chi connectivity index (χ1n) is 6.81. The van der Waals surface area contributed by atoms with E-state index in [4.69, 9.17) is 10.00 Å². The summed E-state index contributed by atoms with van der Waals surface area (Å²) < 4.78 is 5.82. The van der Waals surface area contributed by atoms with Crippen LogP contribution in [0.3, 0.4) is 0 Å². The maximum absolute atomic E-state index is 8.95. The minimum atomic E-state index is 0.188. The standard InChI is InChI=1S/C15H21N3O/c1-13-2-4-15(5-3-13)19-12-14(6-7-16)18-10-8-17-9-11-18/h2-5,14,17H,6,8-12H2,1H3. The number of nitrogens with zero attached hydrogens (tertiary/aromatic N) is 2. The molecule has 0 bridgehead atoms. The SMILES string of the molecule is Cc1ccc(OCC(CC#N)N2CCNCC2)cc1. The summed E-state index contributed by atoms with van der Waals surface area (Å²) in [5.41, 5.74) is 1.23. The van der Waals surface area contributed by atoms with Gasteiger partial charge in [-0.1, -0.05) is 17.7 Å². The van der Waals surface area contributed by atoms with Crippen LogP contribution in [-0.4, -0.2) is 43.7 Å². The highest BCUT2D eigenvalue weighted by Gasteiger charge is 2.20. The number of piperazine rings is 1. The first-order chi connectivity index (χ1) is 9.29. The minimum Gasteiger partial charge on any atom is -0.492 e. The van der Waals surface area contributed by atoms with Gasteiger partial charge in [0.2, 0.25) is 0 Å². The molecule has 0 aliphatic carbocycles. The van der Waals surface area contributed by atoms with Crippen LogP contribution in [-0.2, 0) is 0 Å². The van der Waals surface area contributed by atoms with Crippen molar-refractivity contribution in [3.63, 3.8) is 0 Å². The quantitative estimate of drug-likeness (QED) is 0.872. The molecule has 102 valence electrons. The molecular weight excluding hydrogens is 238 g/mol. The lowest BCUT2D eigenvalue weighted by molar-refractivity contribution is 0.123. The number of rotatable bonds is 5. The first kappa shape index (κ1) is 13.9. The number of nitrogens with one attached hydrogen (secondary N) is 1. The third-order valence-corrected chi connectivity index (χ3v) is 3.46. The Labute approximate surface area is 115 Å². The van der Waals surface area contributed by atoms with E-state index < -0.39 is 0 Å². The van der Waals surface area contributed by atoms with Crippen LogP contribution >= 0.6 is 0 Å². The molecule has 1 atom stereocenters. The lowest BCUT2D eigenvalue weighted by atomic mass is 10.1. The van der Waals surface area contributed by atoms with Crippen LogP contribution in [0.5, 0.6) is 5.75 Å². The second-order valence-corrected chi connectivity index (χ2v) is 4.93. The van der Waals surface area contributed by atoms with Crippen LogP contribution in [0.1, 0.15) is 12.0 Å². The van der Waals surface area contributed by atoms with Gasteiger partial charge in [0.25, 0.3) is 0 Å². The summed E-state index contributed by atoms with van der Waals surface area (Å²) in [6.07, 6.45) is 0.520. The Morgan fingerprint density at radius 1 is 1.32 bits per heavy atom. The van der Waals surface area contributed by atoms with Crippen LogP contribution in [0.4, 0.5) is 0 Å². The number of ether oxygens (including phenoxy) is 1. The van der Waals surface area contributed by atoms with E-state index in [2.05, 4.69) is 23.2 Å². The van der Waals surface area contributed by atoms with E-state index in [1.165, 1.54) is 5.56 Å². The van der Waals surface area contributed by atoms with E-state index in [1.54, 1.807) is 0 Å². The van der Waals surface area contributed by atoms with Crippen molar-refractivity contribution in [3.8, 4) is 11.8 Å². The zero-order chi connectivity index (χ0) is 13.5. The largest absolute Gasteiger partial charge is 0.492 e. The fourth-order valence-corrected chi connectivity index (χ4v) is 2.27. The Morgan fingerprint density at radius 2 is 2.00 bits per heavy atom. The molecule has 4 heteroatoms. The summed E-state index contributed by atoms with van der Waals surface area (Å²) in [6.45, 7) is 6.60. The Bertz CT molecular complexity index is 418. The molecule has 1 aliphatic rings. The number of nitriles is 1. The maximum Gasteiger partial charge on any atom is 0.119 e. The van der Waals surface area contributed by atoms with Crippen LogP contribution in [0.25, 0.3) is 0 Å². The molecule has 1 saturated heterocycles. The average Bonchev–Trinajstić information content (AvgIpc) is 2.46. The molecule has 0 radical (unpaired) electrons. The van der Waals surface area contributed by atoms with Crippen molar-refractivity contribution in [2.75, 3.05) is 32.8 Å². The lowest BCUT2D eigenvalue weighted by Gasteiger charge is -2.33.